The Balaban J connectivity index is 2.05. The molecule has 2 atom stereocenters. The molecule has 2 heterocycles. The van der Waals surface area contributed by atoms with Crippen molar-refractivity contribution < 1.29 is 14.4 Å². The molecule has 2 unspecified atom stereocenters. The summed E-state index contributed by atoms with van der Waals surface area (Å²) in [5.41, 5.74) is -1.08. The van der Waals surface area contributed by atoms with Gasteiger partial charge in [0.25, 0.3) is 5.91 Å². The third-order valence-electron chi connectivity index (χ3n) is 3.72. The number of carbonyl (C=O) groups excluding carboxylic acids is 3. The molecular weight excluding hydrogens is 302 g/mol. The van der Waals surface area contributed by atoms with Gasteiger partial charge in [0.15, 0.2) is 5.54 Å². The van der Waals surface area contributed by atoms with Crippen molar-refractivity contribution >= 4 is 29.2 Å². The third kappa shape index (κ3) is 3.14. The van der Waals surface area contributed by atoms with Crippen LogP contribution in [0, 0.1) is 0 Å². The normalized spacial score (nSPS) is 22.6. The predicted octanol–water partition coefficient (Wildman–Crippen LogP) is 1.82. The van der Waals surface area contributed by atoms with Gasteiger partial charge in [-0.25, -0.2) is 4.79 Å². The van der Waals surface area contributed by atoms with Crippen molar-refractivity contribution in [1.82, 2.24) is 15.5 Å². The average molecular weight is 323 g/mol. The van der Waals surface area contributed by atoms with Crippen LogP contribution in [0.25, 0.3) is 0 Å². The average Bonchev–Trinajstić information content (AvgIpc) is 3.04. The number of carbonyl (C=O) groups is 3. The minimum absolute atomic E-state index is 0.0296. The fourth-order valence-electron chi connectivity index (χ4n) is 2.54. The van der Waals surface area contributed by atoms with E-state index in [1.807, 2.05) is 25.3 Å². The maximum Gasteiger partial charge on any atom is 0.325 e. The summed E-state index contributed by atoms with van der Waals surface area (Å²) in [5, 5.41) is 7.33. The molecule has 0 radical (unpaired) electrons. The number of imide groups is 1. The van der Waals surface area contributed by atoms with E-state index in [0.717, 1.165) is 22.6 Å². The second kappa shape index (κ2) is 6.48. The summed E-state index contributed by atoms with van der Waals surface area (Å²) in [4.78, 5) is 38.3. The molecule has 0 aliphatic carbocycles. The van der Waals surface area contributed by atoms with Crippen LogP contribution in [0.3, 0.4) is 0 Å². The molecule has 2 N–H and O–H groups in total. The second-order valence-corrected chi connectivity index (χ2v) is 6.63. The smallest absolute Gasteiger partial charge is 0.325 e. The lowest BCUT2D eigenvalue weighted by atomic mass is 10.0. The van der Waals surface area contributed by atoms with E-state index >= 15 is 0 Å². The highest BCUT2D eigenvalue weighted by atomic mass is 32.1. The molecule has 1 aliphatic heterocycles. The zero-order valence-electron chi connectivity index (χ0n) is 13.0. The van der Waals surface area contributed by atoms with Crippen molar-refractivity contribution in [3.05, 3.63) is 22.4 Å². The minimum Gasteiger partial charge on any atom is -0.352 e. The van der Waals surface area contributed by atoms with Gasteiger partial charge in [0, 0.05) is 10.9 Å². The molecule has 1 aromatic rings. The number of nitrogens with one attached hydrogen (secondary N) is 2. The Bertz CT molecular complexity index is 573. The Labute approximate surface area is 133 Å². The summed E-state index contributed by atoms with van der Waals surface area (Å²) in [6.07, 6.45) is 1.82. The van der Waals surface area contributed by atoms with Crippen LogP contribution in [0.4, 0.5) is 4.79 Å². The van der Waals surface area contributed by atoms with Crippen LogP contribution in [0.1, 0.15) is 38.5 Å². The molecule has 0 saturated carbocycles. The predicted molar refractivity (Wildman–Crippen MR) is 84.4 cm³/mol. The summed E-state index contributed by atoms with van der Waals surface area (Å²) in [7, 11) is 0. The van der Waals surface area contributed by atoms with Gasteiger partial charge in [-0.3, -0.25) is 14.5 Å². The SMILES string of the molecule is CCCC(C)NC(=O)CN1C(=O)NC(C)(c2cccs2)C1=O. The number of hydrogen-bond donors (Lipinski definition) is 2. The molecule has 120 valence electrons. The number of amides is 4. The number of urea groups is 1. The highest BCUT2D eigenvalue weighted by Crippen LogP contribution is 2.31. The van der Waals surface area contributed by atoms with E-state index in [2.05, 4.69) is 10.6 Å². The van der Waals surface area contributed by atoms with Crippen LogP contribution in [-0.4, -0.2) is 35.3 Å². The molecule has 1 fully saturated rings. The van der Waals surface area contributed by atoms with Crippen molar-refractivity contribution in [2.75, 3.05) is 6.54 Å². The van der Waals surface area contributed by atoms with Crippen molar-refractivity contribution in [3.63, 3.8) is 0 Å². The molecule has 1 aliphatic rings. The van der Waals surface area contributed by atoms with Crippen LogP contribution in [0.5, 0.6) is 0 Å². The molecule has 1 aromatic heterocycles. The van der Waals surface area contributed by atoms with Gasteiger partial charge in [0.1, 0.15) is 6.54 Å². The monoisotopic (exact) mass is 323 g/mol. The van der Waals surface area contributed by atoms with Crippen LogP contribution in [0.2, 0.25) is 0 Å². The Morgan fingerprint density at radius 2 is 2.23 bits per heavy atom. The van der Waals surface area contributed by atoms with E-state index in [1.165, 1.54) is 11.3 Å². The van der Waals surface area contributed by atoms with E-state index in [-0.39, 0.29) is 18.5 Å². The quantitative estimate of drug-likeness (QED) is 0.784. The Hall–Kier alpha value is -1.89. The second-order valence-electron chi connectivity index (χ2n) is 5.68. The first kappa shape index (κ1) is 16.5. The third-order valence-corrected chi connectivity index (χ3v) is 4.81. The summed E-state index contributed by atoms with van der Waals surface area (Å²) < 4.78 is 0. The zero-order valence-corrected chi connectivity index (χ0v) is 13.8. The van der Waals surface area contributed by atoms with E-state index in [4.69, 9.17) is 0 Å². The summed E-state index contributed by atoms with van der Waals surface area (Å²) in [6.45, 7) is 5.35. The van der Waals surface area contributed by atoms with Crippen molar-refractivity contribution in [1.29, 1.82) is 0 Å². The van der Waals surface area contributed by atoms with Crippen LogP contribution < -0.4 is 10.6 Å². The van der Waals surface area contributed by atoms with Crippen LogP contribution in [-0.2, 0) is 15.1 Å². The maximum atomic E-state index is 12.6. The summed E-state index contributed by atoms with van der Waals surface area (Å²) in [5.74, 6) is -0.710. The maximum absolute atomic E-state index is 12.6. The van der Waals surface area contributed by atoms with E-state index in [1.54, 1.807) is 13.0 Å². The van der Waals surface area contributed by atoms with Gasteiger partial charge < -0.3 is 10.6 Å². The van der Waals surface area contributed by atoms with Crippen molar-refractivity contribution in [2.24, 2.45) is 0 Å². The fourth-order valence-corrected chi connectivity index (χ4v) is 3.37. The molecule has 0 bridgehead atoms. The van der Waals surface area contributed by atoms with E-state index in [9.17, 15) is 14.4 Å². The number of hydrogen-bond acceptors (Lipinski definition) is 4. The van der Waals surface area contributed by atoms with Gasteiger partial charge in [-0.05, 0) is 31.7 Å². The Kier molecular flexibility index (Phi) is 4.85. The first-order valence-electron chi connectivity index (χ1n) is 7.36. The number of rotatable bonds is 6. The van der Waals surface area contributed by atoms with Gasteiger partial charge in [-0.1, -0.05) is 19.4 Å². The Morgan fingerprint density at radius 3 is 2.82 bits per heavy atom. The lowest BCUT2D eigenvalue weighted by Gasteiger charge is -2.20. The summed E-state index contributed by atoms with van der Waals surface area (Å²) >= 11 is 1.40. The van der Waals surface area contributed by atoms with Gasteiger partial charge in [0.05, 0.1) is 0 Å². The van der Waals surface area contributed by atoms with Crippen LogP contribution >= 0.6 is 11.3 Å². The van der Waals surface area contributed by atoms with Gasteiger partial charge in [-0.2, -0.15) is 0 Å². The fraction of sp³-hybridized carbons (Fsp3) is 0.533. The minimum atomic E-state index is -1.08. The first-order valence-corrected chi connectivity index (χ1v) is 8.24. The Morgan fingerprint density at radius 1 is 1.50 bits per heavy atom. The van der Waals surface area contributed by atoms with Gasteiger partial charge >= 0.3 is 6.03 Å². The topological polar surface area (TPSA) is 78.5 Å². The van der Waals surface area contributed by atoms with Crippen molar-refractivity contribution in [2.45, 2.75) is 45.2 Å². The van der Waals surface area contributed by atoms with Gasteiger partial charge in [0.2, 0.25) is 5.91 Å². The lowest BCUT2D eigenvalue weighted by Crippen LogP contribution is -2.44. The van der Waals surface area contributed by atoms with Crippen LogP contribution in [0.15, 0.2) is 17.5 Å². The van der Waals surface area contributed by atoms with Gasteiger partial charge in [-0.15, -0.1) is 11.3 Å². The highest BCUT2D eigenvalue weighted by Gasteiger charge is 2.50. The number of nitrogens with zero attached hydrogens (tertiary/aromatic N) is 1. The lowest BCUT2D eigenvalue weighted by molar-refractivity contribution is -0.134. The molecule has 0 aromatic carbocycles. The molecule has 1 saturated heterocycles. The molecule has 22 heavy (non-hydrogen) atoms. The molecular formula is C15H21N3O3S. The zero-order chi connectivity index (χ0) is 16.3. The van der Waals surface area contributed by atoms with Crippen molar-refractivity contribution in [3.8, 4) is 0 Å². The summed E-state index contributed by atoms with van der Waals surface area (Å²) in [6, 6.07) is 3.13. The standard InChI is InChI=1S/C15H21N3O3S/c1-4-6-10(2)16-12(19)9-18-13(20)15(3,17-14(18)21)11-7-5-8-22-11/h5,7-8,10H,4,6,9H2,1-3H3,(H,16,19)(H,17,21). The molecule has 4 amide bonds. The van der Waals surface area contributed by atoms with E-state index in [0.29, 0.717) is 0 Å². The first-order chi connectivity index (χ1) is 10.4. The molecule has 0 spiro atoms. The number of thiophene rings is 1. The van der Waals surface area contributed by atoms with E-state index < -0.39 is 17.5 Å². The largest absolute Gasteiger partial charge is 0.352 e. The molecule has 7 heteroatoms. The highest BCUT2D eigenvalue weighted by molar-refractivity contribution is 7.10. The molecule has 6 nitrogen and oxygen atoms in total. The molecule has 2 rings (SSSR count).